The Labute approximate surface area is 209 Å². The Bertz CT molecular complexity index is 1230. The van der Waals surface area contributed by atoms with Gasteiger partial charge in [-0.05, 0) is 50.6 Å². The molecule has 4 rings (SSSR count). The maximum absolute atomic E-state index is 15.6. The quantitative estimate of drug-likeness (QED) is 0.397. The maximum Gasteiger partial charge on any atom is 0.232 e. The van der Waals surface area contributed by atoms with E-state index in [4.69, 9.17) is 4.98 Å². The van der Waals surface area contributed by atoms with E-state index in [1.807, 2.05) is 0 Å². The Morgan fingerprint density at radius 1 is 1.21 bits per heavy atom. The summed E-state index contributed by atoms with van der Waals surface area (Å²) in [5.41, 5.74) is 1.26. The summed E-state index contributed by atoms with van der Waals surface area (Å²) in [4.78, 5) is 14.3. The van der Waals surface area contributed by atoms with Crippen LogP contribution in [0.25, 0.3) is 21.8 Å². The zero-order valence-electron chi connectivity index (χ0n) is 19.0. The van der Waals surface area contributed by atoms with E-state index in [9.17, 15) is 8.42 Å². The highest BCUT2D eigenvalue weighted by atomic mass is 35.5. The number of thiazole rings is 1. The van der Waals surface area contributed by atoms with Crippen LogP contribution in [0.4, 0.5) is 16.0 Å². The van der Waals surface area contributed by atoms with E-state index in [0.29, 0.717) is 23.8 Å². The van der Waals surface area contributed by atoms with Crippen molar-refractivity contribution in [2.45, 2.75) is 32.1 Å². The molecule has 1 aliphatic rings. The third-order valence-corrected chi connectivity index (χ3v) is 8.15. The lowest BCUT2D eigenvalue weighted by Crippen LogP contribution is -2.26. The van der Waals surface area contributed by atoms with Crippen molar-refractivity contribution in [1.82, 2.24) is 20.3 Å². The van der Waals surface area contributed by atoms with Crippen LogP contribution in [-0.4, -0.2) is 49.3 Å². The molecule has 0 amide bonds. The van der Waals surface area contributed by atoms with E-state index in [0.717, 1.165) is 35.8 Å². The van der Waals surface area contributed by atoms with Gasteiger partial charge in [-0.1, -0.05) is 13.0 Å². The molecule has 0 atom stereocenters. The summed E-state index contributed by atoms with van der Waals surface area (Å²) in [5.74, 6) is 0.00983. The van der Waals surface area contributed by atoms with Gasteiger partial charge >= 0.3 is 0 Å². The lowest BCUT2D eigenvalue weighted by molar-refractivity contribution is 0.459. The van der Waals surface area contributed by atoms with E-state index in [-0.39, 0.29) is 35.3 Å². The van der Waals surface area contributed by atoms with Crippen LogP contribution in [0.3, 0.4) is 0 Å². The van der Waals surface area contributed by atoms with Gasteiger partial charge in [-0.25, -0.2) is 27.8 Å². The van der Waals surface area contributed by atoms with Crippen LogP contribution in [0.5, 0.6) is 0 Å². The summed E-state index contributed by atoms with van der Waals surface area (Å²) in [5, 5.41) is 7.22. The van der Waals surface area contributed by atoms with Gasteiger partial charge in [-0.3, -0.25) is 4.72 Å². The Hall–Kier alpha value is -2.34. The lowest BCUT2D eigenvalue weighted by Gasteiger charge is -2.20. The molecule has 0 bridgehead atoms. The lowest BCUT2D eigenvalue weighted by atomic mass is 9.99. The molecular formula is C22H28ClFN6O2S2. The minimum atomic E-state index is -3.63. The Morgan fingerprint density at radius 2 is 1.97 bits per heavy atom. The first kappa shape index (κ1) is 26.3. The molecular weight excluding hydrogens is 499 g/mol. The van der Waals surface area contributed by atoms with E-state index >= 15 is 4.39 Å². The molecule has 184 valence electrons. The second-order valence-corrected chi connectivity index (χ2v) is 10.7. The van der Waals surface area contributed by atoms with E-state index in [1.54, 1.807) is 38.4 Å². The Morgan fingerprint density at radius 3 is 2.68 bits per heavy atom. The summed E-state index contributed by atoms with van der Waals surface area (Å²) in [6.45, 7) is 3.59. The van der Waals surface area contributed by atoms with Gasteiger partial charge in [-0.2, -0.15) is 0 Å². The minimum absolute atomic E-state index is 0. The minimum Gasteiger partial charge on any atom is -0.357 e. The number of hydrogen-bond acceptors (Lipinski definition) is 8. The third-order valence-electron chi connectivity index (χ3n) is 5.44. The standard InChI is InChI=1S/C22H27FN6O2S2.ClH/c1-3-13-33(30,31)29-16-6-4-5-15(18(16)23)19-20(17-9-12-26-22(24-2)27-17)32-21(28-19)14-7-10-25-11-8-14;/h4-6,9,12,14,25,29H,3,7-8,10-11,13H2,1-2H3,(H,24,26,27);1H. The van der Waals surface area contributed by atoms with Gasteiger partial charge in [0.25, 0.3) is 0 Å². The fourth-order valence-corrected chi connectivity index (χ4v) is 6.17. The molecule has 1 fully saturated rings. The van der Waals surface area contributed by atoms with E-state index in [1.165, 1.54) is 17.4 Å². The summed E-state index contributed by atoms with van der Waals surface area (Å²) < 4.78 is 42.5. The van der Waals surface area contributed by atoms with Crippen molar-refractivity contribution >= 4 is 45.4 Å². The first-order chi connectivity index (χ1) is 15.9. The summed E-state index contributed by atoms with van der Waals surface area (Å²) in [7, 11) is -1.90. The molecule has 0 saturated carbocycles. The third kappa shape index (κ3) is 5.83. The molecule has 1 aliphatic heterocycles. The largest absolute Gasteiger partial charge is 0.357 e. The van der Waals surface area contributed by atoms with E-state index < -0.39 is 15.8 Å². The number of anilines is 2. The molecule has 0 unspecified atom stereocenters. The van der Waals surface area contributed by atoms with Crippen LogP contribution in [-0.2, 0) is 10.0 Å². The molecule has 0 spiro atoms. The van der Waals surface area contributed by atoms with Crippen LogP contribution in [0.1, 0.15) is 37.1 Å². The fourth-order valence-electron chi connectivity index (χ4n) is 3.82. The second-order valence-electron chi connectivity index (χ2n) is 7.86. The molecule has 3 heterocycles. The van der Waals surface area contributed by atoms with Gasteiger partial charge in [0, 0.05) is 24.7 Å². The Kier molecular flexibility index (Phi) is 8.80. The maximum atomic E-state index is 15.6. The molecule has 1 saturated heterocycles. The summed E-state index contributed by atoms with van der Waals surface area (Å²) >= 11 is 1.51. The molecule has 1 aromatic carbocycles. The highest BCUT2D eigenvalue weighted by Crippen LogP contribution is 2.42. The van der Waals surface area contributed by atoms with Crippen LogP contribution < -0.4 is 15.4 Å². The number of piperidine rings is 1. The SMILES string of the molecule is CCCS(=O)(=O)Nc1cccc(-c2nc(C3CCNCC3)sc2-c2ccnc(NC)n2)c1F.Cl. The fraction of sp³-hybridized carbons (Fsp3) is 0.409. The van der Waals surface area contributed by atoms with Crippen molar-refractivity contribution in [3.05, 3.63) is 41.3 Å². The van der Waals surface area contributed by atoms with Crippen molar-refractivity contribution < 1.29 is 12.8 Å². The normalized spacial score (nSPS) is 14.4. The summed E-state index contributed by atoms with van der Waals surface area (Å²) in [6, 6.07) is 6.46. The predicted octanol–water partition coefficient (Wildman–Crippen LogP) is 4.49. The molecule has 2 aromatic heterocycles. The van der Waals surface area contributed by atoms with Crippen molar-refractivity contribution in [3.8, 4) is 21.8 Å². The van der Waals surface area contributed by atoms with Crippen molar-refractivity contribution in [2.75, 3.05) is 35.9 Å². The predicted molar refractivity (Wildman–Crippen MR) is 138 cm³/mol. The zero-order valence-corrected chi connectivity index (χ0v) is 21.4. The number of aromatic nitrogens is 3. The number of nitrogens with one attached hydrogen (secondary N) is 3. The number of hydrogen-bond donors (Lipinski definition) is 3. The van der Waals surface area contributed by atoms with Crippen molar-refractivity contribution in [3.63, 3.8) is 0 Å². The first-order valence-corrected chi connectivity index (χ1v) is 13.4. The van der Waals surface area contributed by atoms with Crippen molar-refractivity contribution in [2.24, 2.45) is 0 Å². The highest BCUT2D eigenvalue weighted by molar-refractivity contribution is 7.92. The molecule has 12 heteroatoms. The number of benzene rings is 1. The van der Waals surface area contributed by atoms with Gasteiger partial charge in [0.1, 0.15) is 0 Å². The molecule has 8 nitrogen and oxygen atoms in total. The molecule has 3 N–H and O–H groups in total. The monoisotopic (exact) mass is 526 g/mol. The van der Waals surface area contributed by atoms with E-state index in [2.05, 4.69) is 25.3 Å². The van der Waals surface area contributed by atoms with Gasteiger partial charge < -0.3 is 10.6 Å². The summed E-state index contributed by atoms with van der Waals surface area (Å²) in [6.07, 6.45) is 4.00. The van der Waals surface area contributed by atoms with Gasteiger partial charge in [0.2, 0.25) is 16.0 Å². The van der Waals surface area contributed by atoms with Gasteiger partial charge in [0.15, 0.2) is 5.82 Å². The number of halogens is 2. The van der Waals surface area contributed by atoms with Gasteiger partial charge in [-0.15, -0.1) is 23.7 Å². The number of rotatable bonds is 8. The molecule has 34 heavy (non-hydrogen) atoms. The average Bonchev–Trinajstić information content (AvgIpc) is 3.26. The highest BCUT2D eigenvalue weighted by Gasteiger charge is 2.26. The second kappa shape index (κ2) is 11.4. The average molecular weight is 527 g/mol. The molecule has 3 aromatic rings. The Balaban J connectivity index is 0.00000324. The van der Waals surface area contributed by atoms with Gasteiger partial charge in [0.05, 0.1) is 32.7 Å². The smallest absolute Gasteiger partial charge is 0.232 e. The van der Waals surface area contributed by atoms with Crippen molar-refractivity contribution in [1.29, 1.82) is 0 Å². The van der Waals surface area contributed by atoms with Crippen LogP contribution in [0, 0.1) is 5.82 Å². The zero-order chi connectivity index (χ0) is 23.4. The number of sulfonamides is 1. The topological polar surface area (TPSA) is 109 Å². The van der Waals surface area contributed by atoms with Crippen LogP contribution in [0.2, 0.25) is 0 Å². The first-order valence-electron chi connectivity index (χ1n) is 10.9. The number of nitrogens with zero attached hydrogens (tertiary/aromatic N) is 3. The molecule has 0 radical (unpaired) electrons. The van der Waals surface area contributed by atoms with Crippen LogP contribution in [0.15, 0.2) is 30.5 Å². The van der Waals surface area contributed by atoms with Crippen LogP contribution >= 0.6 is 23.7 Å². The molecule has 0 aliphatic carbocycles.